The molecule has 0 atom stereocenters. The van der Waals surface area contributed by atoms with Gasteiger partial charge in [-0.15, -0.1) is 11.8 Å². The van der Waals surface area contributed by atoms with Gasteiger partial charge in [0.15, 0.2) is 0 Å². The van der Waals surface area contributed by atoms with Crippen LogP contribution in [0, 0.1) is 0 Å². The molecule has 0 unspecified atom stereocenters. The minimum absolute atomic E-state index is 0.240. The van der Waals surface area contributed by atoms with Gasteiger partial charge in [-0.2, -0.15) is 0 Å². The molecule has 0 aliphatic heterocycles. The van der Waals surface area contributed by atoms with Crippen LogP contribution in [0.3, 0.4) is 0 Å². The van der Waals surface area contributed by atoms with Crippen molar-refractivity contribution >= 4 is 11.8 Å². The molecule has 0 saturated heterocycles. The van der Waals surface area contributed by atoms with Crippen molar-refractivity contribution < 1.29 is 9.47 Å². The fourth-order valence-electron chi connectivity index (χ4n) is 1.61. The Morgan fingerprint density at radius 2 is 2.06 bits per heavy atom. The number of nitrogens with two attached hydrogens (primary N) is 1. The molecule has 4 heteroatoms. The smallest absolute Gasteiger partial charge is 0.125 e. The summed E-state index contributed by atoms with van der Waals surface area (Å²) in [5.41, 5.74) is 6.90. The largest absolute Gasteiger partial charge is 0.491 e. The van der Waals surface area contributed by atoms with Crippen LogP contribution >= 0.6 is 11.8 Å². The first-order chi connectivity index (χ1) is 8.69. The van der Waals surface area contributed by atoms with Crippen molar-refractivity contribution in [3.05, 3.63) is 23.8 Å². The molecule has 0 aliphatic rings. The molecular weight excluding hydrogens is 246 g/mol. The normalized spacial score (nSPS) is 10.9. The average molecular weight is 269 g/mol. The second kappa shape index (κ2) is 8.40. The highest BCUT2D eigenvalue weighted by Gasteiger charge is 2.08. The summed E-state index contributed by atoms with van der Waals surface area (Å²) in [4.78, 5) is 1.21. The van der Waals surface area contributed by atoms with Crippen LogP contribution in [0.25, 0.3) is 0 Å². The Labute approximate surface area is 114 Å². The Balaban J connectivity index is 2.61. The number of hydrogen-bond donors (Lipinski definition) is 1. The van der Waals surface area contributed by atoms with Gasteiger partial charge in [-0.05, 0) is 31.7 Å². The highest BCUT2D eigenvalue weighted by molar-refractivity contribution is 7.99. The van der Waals surface area contributed by atoms with Gasteiger partial charge >= 0.3 is 0 Å². The van der Waals surface area contributed by atoms with Gasteiger partial charge in [-0.3, -0.25) is 0 Å². The van der Waals surface area contributed by atoms with Crippen LogP contribution in [0.15, 0.2) is 23.1 Å². The molecule has 1 rings (SSSR count). The van der Waals surface area contributed by atoms with Crippen molar-refractivity contribution in [3.63, 3.8) is 0 Å². The molecule has 0 heterocycles. The maximum atomic E-state index is 5.81. The number of thioether (sulfide) groups is 1. The average Bonchev–Trinajstić information content (AvgIpc) is 2.35. The van der Waals surface area contributed by atoms with Crippen molar-refractivity contribution in [2.75, 3.05) is 19.0 Å². The number of benzene rings is 1. The maximum Gasteiger partial charge on any atom is 0.125 e. The molecule has 0 aliphatic carbocycles. The van der Waals surface area contributed by atoms with Gasteiger partial charge in [-0.1, -0.05) is 13.0 Å². The number of hydrogen-bond acceptors (Lipinski definition) is 4. The van der Waals surface area contributed by atoms with E-state index in [0.29, 0.717) is 19.8 Å². The Hall–Kier alpha value is -0.710. The monoisotopic (exact) mass is 269 g/mol. The molecule has 0 fully saturated rings. The van der Waals surface area contributed by atoms with E-state index in [-0.39, 0.29) is 6.10 Å². The van der Waals surface area contributed by atoms with E-state index in [4.69, 9.17) is 15.2 Å². The van der Waals surface area contributed by atoms with E-state index in [1.807, 2.05) is 26.0 Å². The van der Waals surface area contributed by atoms with Crippen molar-refractivity contribution in [1.82, 2.24) is 0 Å². The SMILES string of the molecule is CCSc1cccc(OCCOC(C)C)c1CN. The van der Waals surface area contributed by atoms with Gasteiger partial charge in [0.2, 0.25) is 0 Å². The number of rotatable bonds is 8. The third kappa shape index (κ3) is 4.88. The molecule has 0 radical (unpaired) electrons. The van der Waals surface area contributed by atoms with Crippen LogP contribution in [0.1, 0.15) is 26.3 Å². The Morgan fingerprint density at radius 3 is 2.67 bits per heavy atom. The van der Waals surface area contributed by atoms with E-state index in [9.17, 15) is 0 Å². The summed E-state index contributed by atoms with van der Waals surface area (Å²) in [6.07, 6.45) is 0.240. The molecule has 1 aromatic rings. The Bertz CT molecular complexity index is 356. The Morgan fingerprint density at radius 1 is 1.28 bits per heavy atom. The maximum absolute atomic E-state index is 5.81. The number of ether oxygens (including phenoxy) is 2. The second-order valence-electron chi connectivity index (χ2n) is 4.14. The predicted octanol–water partition coefficient (Wildman–Crippen LogP) is 3.06. The van der Waals surface area contributed by atoms with Crippen molar-refractivity contribution in [2.45, 2.75) is 38.3 Å². The molecule has 18 heavy (non-hydrogen) atoms. The lowest BCUT2D eigenvalue weighted by Gasteiger charge is -2.14. The van der Waals surface area contributed by atoms with Gasteiger partial charge in [0.05, 0.1) is 12.7 Å². The fraction of sp³-hybridized carbons (Fsp3) is 0.571. The summed E-state index contributed by atoms with van der Waals surface area (Å²) in [6, 6.07) is 6.07. The summed E-state index contributed by atoms with van der Waals surface area (Å²) in [7, 11) is 0. The zero-order valence-electron chi connectivity index (χ0n) is 11.4. The summed E-state index contributed by atoms with van der Waals surface area (Å²) < 4.78 is 11.2. The predicted molar refractivity (Wildman–Crippen MR) is 77.3 cm³/mol. The molecule has 2 N–H and O–H groups in total. The standard InChI is InChI=1S/C14H23NO2S/c1-4-18-14-7-5-6-13(12(14)10-15)17-9-8-16-11(2)3/h5-7,11H,4,8-10,15H2,1-3H3. The van der Waals surface area contributed by atoms with Crippen LogP contribution in [0.4, 0.5) is 0 Å². The van der Waals surface area contributed by atoms with Gasteiger partial charge in [0, 0.05) is 17.0 Å². The van der Waals surface area contributed by atoms with E-state index < -0.39 is 0 Å². The highest BCUT2D eigenvalue weighted by atomic mass is 32.2. The minimum atomic E-state index is 0.240. The zero-order chi connectivity index (χ0) is 13.4. The summed E-state index contributed by atoms with van der Waals surface area (Å²) in [6.45, 7) is 7.84. The lowest BCUT2D eigenvalue weighted by Crippen LogP contribution is -2.12. The molecule has 0 spiro atoms. The first-order valence-electron chi connectivity index (χ1n) is 6.38. The van der Waals surface area contributed by atoms with E-state index >= 15 is 0 Å². The van der Waals surface area contributed by atoms with Gasteiger partial charge in [-0.25, -0.2) is 0 Å². The molecular formula is C14H23NO2S. The first-order valence-corrected chi connectivity index (χ1v) is 7.36. The summed E-state index contributed by atoms with van der Waals surface area (Å²) >= 11 is 1.79. The molecule has 0 amide bonds. The third-order valence-electron chi connectivity index (χ3n) is 2.39. The fourth-order valence-corrected chi connectivity index (χ4v) is 2.45. The van der Waals surface area contributed by atoms with Gasteiger partial charge in [0.1, 0.15) is 12.4 Å². The lowest BCUT2D eigenvalue weighted by atomic mass is 10.2. The topological polar surface area (TPSA) is 44.5 Å². The molecule has 3 nitrogen and oxygen atoms in total. The van der Waals surface area contributed by atoms with Crippen LogP contribution in [0.2, 0.25) is 0 Å². The molecule has 0 aromatic heterocycles. The molecule has 0 saturated carbocycles. The van der Waals surface area contributed by atoms with E-state index in [2.05, 4.69) is 13.0 Å². The molecule has 102 valence electrons. The lowest BCUT2D eigenvalue weighted by molar-refractivity contribution is 0.0550. The highest BCUT2D eigenvalue weighted by Crippen LogP contribution is 2.29. The van der Waals surface area contributed by atoms with Crippen molar-refractivity contribution in [2.24, 2.45) is 5.73 Å². The van der Waals surface area contributed by atoms with Crippen LogP contribution in [0.5, 0.6) is 5.75 Å². The summed E-state index contributed by atoms with van der Waals surface area (Å²) in [5, 5.41) is 0. The zero-order valence-corrected chi connectivity index (χ0v) is 12.3. The summed E-state index contributed by atoms with van der Waals surface area (Å²) in [5.74, 6) is 1.91. The minimum Gasteiger partial charge on any atom is -0.491 e. The van der Waals surface area contributed by atoms with Crippen molar-refractivity contribution in [3.8, 4) is 5.75 Å². The van der Waals surface area contributed by atoms with Gasteiger partial charge < -0.3 is 15.2 Å². The van der Waals surface area contributed by atoms with Gasteiger partial charge in [0.25, 0.3) is 0 Å². The van der Waals surface area contributed by atoms with Crippen LogP contribution in [-0.4, -0.2) is 25.1 Å². The van der Waals surface area contributed by atoms with Crippen molar-refractivity contribution in [1.29, 1.82) is 0 Å². The van der Waals surface area contributed by atoms with Crippen LogP contribution in [-0.2, 0) is 11.3 Å². The second-order valence-corrected chi connectivity index (χ2v) is 5.44. The Kier molecular flexibility index (Phi) is 7.16. The molecule has 0 bridgehead atoms. The third-order valence-corrected chi connectivity index (χ3v) is 3.37. The van der Waals surface area contributed by atoms with E-state index in [1.54, 1.807) is 11.8 Å². The quantitative estimate of drug-likeness (QED) is 0.582. The van der Waals surface area contributed by atoms with Crippen LogP contribution < -0.4 is 10.5 Å². The first kappa shape index (κ1) is 15.3. The molecule has 1 aromatic carbocycles. The van der Waals surface area contributed by atoms with E-state index in [0.717, 1.165) is 17.1 Å². The van der Waals surface area contributed by atoms with E-state index in [1.165, 1.54) is 4.90 Å².